The number of sulfonamides is 1. The van der Waals surface area contributed by atoms with Crippen molar-refractivity contribution in [3.8, 4) is 0 Å². The SMILES string of the molecule is CCNC(=O)C(CC)N(Cc1ccc(Cl)c(Cl)c1)C(=O)CN(c1cc(Cl)cc(Cl)c1)S(C)(=O)=O. The fourth-order valence-corrected chi connectivity index (χ4v) is 5.01. The molecule has 1 atom stereocenters. The molecule has 0 fully saturated rings. The van der Waals surface area contributed by atoms with E-state index in [9.17, 15) is 18.0 Å². The molecular weight excluding hydrogens is 544 g/mol. The maximum absolute atomic E-state index is 13.5. The Morgan fingerprint density at radius 2 is 1.59 bits per heavy atom. The minimum Gasteiger partial charge on any atom is -0.355 e. The van der Waals surface area contributed by atoms with Gasteiger partial charge in [0.15, 0.2) is 0 Å². The van der Waals surface area contributed by atoms with Crippen LogP contribution in [0.2, 0.25) is 20.1 Å². The van der Waals surface area contributed by atoms with Gasteiger partial charge in [0.2, 0.25) is 21.8 Å². The molecule has 1 unspecified atom stereocenters. The zero-order valence-electron chi connectivity index (χ0n) is 18.8. The molecule has 186 valence electrons. The van der Waals surface area contributed by atoms with Crippen molar-refractivity contribution in [2.24, 2.45) is 0 Å². The lowest BCUT2D eigenvalue weighted by atomic mass is 10.1. The van der Waals surface area contributed by atoms with Gasteiger partial charge in [-0.3, -0.25) is 13.9 Å². The monoisotopic (exact) mass is 567 g/mol. The van der Waals surface area contributed by atoms with Gasteiger partial charge in [-0.25, -0.2) is 8.42 Å². The van der Waals surface area contributed by atoms with Gasteiger partial charge in [0.05, 0.1) is 22.0 Å². The molecular formula is C22H25Cl4N3O4S. The maximum atomic E-state index is 13.5. The molecule has 7 nitrogen and oxygen atoms in total. The van der Waals surface area contributed by atoms with E-state index in [4.69, 9.17) is 46.4 Å². The average Bonchev–Trinajstić information content (AvgIpc) is 2.72. The summed E-state index contributed by atoms with van der Waals surface area (Å²) in [5.41, 5.74) is 0.760. The number of carbonyl (C=O) groups is 2. The van der Waals surface area contributed by atoms with Crippen LogP contribution in [0.1, 0.15) is 25.8 Å². The van der Waals surface area contributed by atoms with Crippen LogP contribution < -0.4 is 9.62 Å². The van der Waals surface area contributed by atoms with E-state index in [0.29, 0.717) is 28.6 Å². The van der Waals surface area contributed by atoms with Gasteiger partial charge < -0.3 is 10.2 Å². The molecule has 0 spiro atoms. The third kappa shape index (κ3) is 7.65. The minimum atomic E-state index is -3.90. The molecule has 0 aromatic heterocycles. The molecule has 2 aromatic carbocycles. The first kappa shape index (κ1) is 28.5. The number of nitrogens with one attached hydrogen (secondary N) is 1. The fraction of sp³-hybridized carbons (Fsp3) is 0.364. The Labute approximate surface area is 220 Å². The van der Waals surface area contributed by atoms with Gasteiger partial charge in [-0.2, -0.15) is 0 Å². The fourth-order valence-electron chi connectivity index (χ4n) is 3.34. The number of benzene rings is 2. The summed E-state index contributed by atoms with van der Waals surface area (Å²) >= 11 is 24.2. The van der Waals surface area contributed by atoms with Crippen molar-refractivity contribution in [1.82, 2.24) is 10.2 Å². The van der Waals surface area contributed by atoms with Gasteiger partial charge in [-0.05, 0) is 49.2 Å². The summed E-state index contributed by atoms with van der Waals surface area (Å²) in [4.78, 5) is 27.6. The number of amides is 2. The molecule has 0 aliphatic rings. The Hall–Kier alpha value is -1.71. The molecule has 0 aliphatic carbocycles. The second-order valence-electron chi connectivity index (χ2n) is 7.49. The highest BCUT2D eigenvalue weighted by Crippen LogP contribution is 2.28. The van der Waals surface area contributed by atoms with Gasteiger partial charge >= 0.3 is 0 Å². The van der Waals surface area contributed by atoms with Crippen LogP contribution in [0.5, 0.6) is 0 Å². The molecule has 0 bridgehead atoms. The molecule has 1 N–H and O–H groups in total. The number of hydrogen-bond acceptors (Lipinski definition) is 4. The molecule has 2 rings (SSSR count). The van der Waals surface area contributed by atoms with Crippen LogP contribution in [0.3, 0.4) is 0 Å². The van der Waals surface area contributed by atoms with E-state index in [2.05, 4.69) is 5.32 Å². The molecule has 0 radical (unpaired) electrons. The summed E-state index contributed by atoms with van der Waals surface area (Å²) in [6.07, 6.45) is 1.28. The lowest BCUT2D eigenvalue weighted by Crippen LogP contribution is -2.52. The van der Waals surface area contributed by atoms with Gasteiger partial charge in [0.25, 0.3) is 0 Å². The van der Waals surface area contributed by atoms with Gasteiger partial charge in [-0.15, -0.1) is 0 Å². The molecule has 2 aromatic rings. The molecule has 0 aliphatic heterocycles. The van der Waals surface area contributed by atoms with Crippen molar-refractivity contribution < 1.29 is 18.0 Å². The summed E-state index contributed by atoms with van der Waals surface area (Å²) in [7, 11) is -3.90. The Morgan fingerprint density at radius 1 is 0.971 bits per heavy atom. The quantitative estimate of drug-likeness (QED) is 0.436. The van der Waals surface area contributed by atoms with Gasteiger partial charge in [-0.1, -0.05) is 59.4 Å². The van der Waals surface area contributed by atoms with E-state index < -0.39 is 28.5 Å². The smallest absolute Gasteiger partial charge is 0.244 e. The first-order chi connectivity index (χ1) is 15.9. The topological polar surface area (TPSA) is 86.8 Å². The molecule has 0 heterocycles. The Bertz CT molecular complexity index is 1140. The van der Waals surface area contributed by atoms with Crippen molar-refractivity contribution in [3.63, 3.8) is 0 Å². The Morgan fingerprint density at radius 3 is 2.09 bits per heavy atom. The zero-order valence-corrected chi connectivity index (χ0v) is 22.7. The normalized spacial score (nSPS) is 12.2. The van der Waals surface area contributed by atoms with E-state index >= 15 is 0 Å². The van der Waals surface area contributed by atoms with Crippen LogP contribution in [0.4, 0.5) is 5.69 Å². The van der Waals surface area contributed by atoms with Crippen molar-refractivity contribution in [2.45, 2.75) is 32.9 Å². The standard InChI is InChI=1S/C22H25Cl4N3O4S/c1-4-20(22(31)27-5-2)28(12-14-6-7-18(25)19(26)8-14)21(30)13-29(34(3,32)33)17-10-15(23)9-16(24)11-17/h6-11,20H,4-5,12-13H2,1-3H3,(H,27,31). The number of carbonyl (C=O) groups excluding carboxylic acids is 2. The van der Waals surface area contributed by atoms with Crippen LogP contribution in [-0.2, 0) is 26.2 Å². The highest BCUT2D eigenvalue weighted by Gasteiger charge is 2.31. The minimum absolute atomic E-state index is 0.0132. The lowest BCUT2D eigenvalue weighted by Gasteiger charge is -2.33. The first-order valence-electron chi connectivity index (χ1n) is 10.3. The average molecular weight is 569 g/mol. The van der Waals surface area contributed by atoms with Crippen molar-refractivity contribution in [2.75, 3.05) is 23.7 Å². The first-order valence-corrected chi connectivity index (χ1v) is 13.7. The molecule has 0 saturated heterocycles. The highest BCUT2D eigenvalue weighted by molar-refractivity contribution is 7.92. The number of rotatable bonds is 10. The highest BCUT2D eigenvalue weighted by atomic mass is 35.5. The number of halogens is 4. The van der Waals surface area contributed by atoms with Crippen molar-refractivity contribution in [1.29, 1.82) is 0 Å². The summed E-state index contributed by atoms with van der Waals surface area (Å²) < 4.78 is 26.1. The van der Waals surface area contributed by atoms with Crippen LogP contribution in [-0.4, -0.2) is 50.5 Å². The molecule has 34 heavy (non-hydrogen) atoms. The Kier molecular flexibility index (Phi) is 10.3. The zero-order chi connectivity index (χ0) is 25.6. The van der Waals surface area contributed by atoms with Crippen LogP contribution in [0, 0.1) is 0 Å². The van der Waals surface area contributed by atoms with Crippen molar-refractivity contribution in [3.05, 3.63) is 62.1 Å². The van der Waals surface area contributed by atoms with Crippen LogP contribution in [0.15, 0.2) is 36.4 Å². The van der Waals surface area contributed by atoms with Gasteiger partial charge in [0.1, 0.15) is 12.6 Å². The van der Waals surface area contributed by atoms with E-state index in [1.165, 1.54) is 23.1 Å². The summed E-state index contributed by atoms with van der Waals surface area (Å²) in [5, 5.41) is 3.79. The molecule has 2 amide bonds. The summed E-state index contributed by atoms with van der Waals surface area (Å²) in [5.74, 6) is -0.944. The van der Waals surface area contributed by atoms with E-state index in [1.807, 2.05) is 0 Å². The predicted octanol–water partition coefficient (Wildman–Crippen LogP) is 5.01. The second-order valence-corrected chi connectivity index (χ2v) is 11.1. The molecule has 12 heteroatoms. The number of hydrogen-bond donors (Lipinski definition) is 1. The van der Waals surface area contributed by atoms with E-state index in [0.717, 1.165) is 10.6 Å². The third-order valence-electron chi connectivity index (χ3n) is 4.89. The van der Waals surface area contributed by atoms with Crippen molar-refractivity contribution >= 4 is 73.9 Å². The lowest BCUT2D eigenvalue weighted by molar-refractivity contribution is -0.140. The van der Waals surface area contributed by atoms with Gasteiger partial charge in [0, 0.05) is 23.1 Å². The number of likely N-dealkylation sites (N-methyl/N-ethyl adjacent to an activating group) is 1. The van der Waals surface area contributed by atoms with E-state index in [-0.39, 0.29) is 28.2 Å². The van der Waals surface area contributed by atoms with E-state index in [1.54, 1.807) is 32.0 Å². The third-order valence-corrected chi connectivity index (χ3v) is 7.20. The van der Waals surface area contributed by atoms with Crippen LogP contribution >= 0.6 is 46.4 Å². The Balaban J connectivity index is 2.48. The predicted molar refractivity (Wildman–Crippen MR) is 138 cm³/mol. The maximum Gasteiger partial charge on any atom is 0.244 e. The molecule has 0 saturated carbocycles. The number of nitrogens with zero attached hydrogens (tertiary/aromatic N) is 2. The summed E-state index contributed by atoms with van der Waals surface area (Å²) in [6, 6.07) is 8.27. The van der Waals surface area contributed by atoms with Crippen LogP contribution in [0.25, 0.3) is 0 Å². The summed E-state index contributed by atoms with van der Waals surface area (Å²) in [6.45, 7) is 3.36. The second kappa shape index (κ2) is 12.3. The number of anilines is 1. The largest absolute Gasteiger partial charge is 0.355 e.